The molecule has 2 rings (SSSR count). The number of hydrogen-bond acceptors (Lipinski definition) is 3. The topological polar surface area (TPSA) is 66.5 Å². The first-order valence-corrected chi connectivity index (χ1v) is 9.06. The average molecular weight is 390 g/mol. The summed E-state index contributed by atoms with van der Waals surface area (Å²) in [6, 6.07) is 3.58. The van der Waals surface area contributed by atoms with Crippen LogP contribution < -0.4 is 9.62 Å². The quantitative estimate of drug-likeness (QED) is 0.798. The van der Waals surface area contributed by atoms with Crippen LogP contribution in [0.3, 0.4) is 0 Å². The van der Waals surface area contributed by atoms with Crippen LogP contribution in [0.1, 0.15) is 6.92 Å². The highest BCUT2D eigenvalue weighted by atomic mass is 32.2. The van der Waals surface area contributed by atoms with Gasteiger partial charge in [0.05, 0.1) is 11.9 Å². The molecule has 0 bridgehead atoms. The van der Waals surface area contributed by atoms with E-state index in [1.54, 1.807) is 0 Å². The van der Waals surface area contributed by atoms with E-state index in [2.05, 4.69) is 5.32 Å². The molecule has 10 heteroatoms. The van der Waals surface area contributed by atoms with Crippen molar-refractivity contribution >= 4 is 27.3 Å². The summed E-state index contributed by atoms with van der Waals surface area (Å²) in [4.78, 5) is 12.3. The van der Waals surface area contributed by atoms with Gasteiger partial charge in [-0.15, -0.1) is 0 Å². The lowest BCUT2D eigenvalue weighted by molar-refractivity contribution is -0.116. The molecule has 0 aromatic heterocycles. The lowest BCUT2D eigenvalue weighted by Crippen LogP contribution is -2.45. The smallest absolute Gasteiger partial charge is 0.247 e. The Morgan fingerprint density at radius 1 is 0.962 bits per heavy atom. The zero-order valence-electron chi connectivity index (χ0n) is 13.6. The van der Waals surface area contributed by atoms with Crippen molar-refractivity contribution in [3.8, 4) is 0 Å². The molecule has 2 aromatic rings. The molecule has 140 valence electrons. The predicted molar refractivity (Wildman–Crippen MR) is 88.1 cm³/mol. The van der Waals surface area contributed by atoms with Crippen LogP contribution in [0, 0.1) is 23.3 Å². The van der Waals surface area contributed by atoms with E-state index in [9.17, 15) is 30.8 Å². The van der Waals surface area contributed by atoms with E-state index in [4.69, 9.17) is 0 Å². The first-order valence-electron chi connectivity index (χ1n) is 7.21. The summed E-state index contributed by atoms with van der Waals surface area (Å²) in [5, 5.41) is 2.24. The second-order valence-corrected chi connectivity index (χ2v) is 7.31. The van der Waals surface area contributed by atoms with Gasteiger partial charge in [-0.2, -0.15) is 0 Å². The second kappa shape index (κ2) is 7.32. The minimum absolute atomic E-state index is 0.0977. The zero-order chi connectivity index (χ0) is 19.6. The maximum Gasteiger partial charge on any atom is 0.247 e. The second-order valence-electron chi connectivity index (χ2n) is 5.45. The summed E-state index contributed by atoms with van der Waals surface area (Å²) in [6.07, 6.45) is 0.787. The third kappa shape index (κ3) is 4.31. The van der Waals surface area contributed by atoms with Crippen molar-refractivity contribution in [2.45, 2.75) is 13.0 Å². The Morgan fingerprint density at radius 2 is 1.50 bits per heavy atom. The molecule has 5 nitrogen and oxygen atoms in total. The molecule has 0 unspecified atom stereocenters. The van der Waals surface area contributed by atoms with Gasteiger partial charge in [0.2, 0.25) is 15.9 Å². The summed E-state index contributed by atoms with van der Waals surface area (Å²) in [5.74, 6) is -5.66. The number of carbonyl (C=O) groups is 1. The lowest BCUT2D eigenvalue weighted by atomic mass is 10.2. The van der Waals surface area contributed by atoms with Crippen LogP contribution in [0.4, 0.5) is 28.9 Å². The van der Waals surface area contributed by atoms with Gasteiger partial charge in [-0.3, -0.25) is 9.10 Å². The highest BCUT2D eigenvalue weighted by Crippen LogP contribution is 2.24. The predicted octanol–water partition coefficient (Wildman–Crippen LogP) is 3.04. The summed E-state index contributed by atoms with van der Waals surface area (Å²) >= 11 is 0. The summed E-state index contributed by atoms with van der Waals surface area (Å²) in [5.41, 5.74) is -0.362. The molecular formula is C16H14F4N2O3S. The van der Waals surface area contributed by atoms with Crippen LogP contribution >= 0.6 is 0 Å². The number of nitrogens with one attached hydrogen (secondary N) is 1. The van der Waals surface area contributed by atoms with Crippen LogP contribution in [-0.4, -0.2) is 26.6 Å². The zero-order valence-corrected chi connectivity index (χ0v) is 14.5. The Hall–Kier alpha value is -2.62. The number of sulfonamides is 1. The molecule has 1 amide bonds. The highest BCUT2D eigenvalue weighted by molar-refractivity contribution is 7.92. The van der Waals surface area contributed by atoms with Gasteiger partial charge in [0, 0.05) is 17.8 Å². The van der Waals surface area contributed by atoms with Crippen LogP contribution in [0.5, 0.6) is 0 Å². The van der Waals surface area contributed by atoms with Crippen LogP contribution in [0.15, 0.2) is 36.4 Å². The number of halogens is 4. The van der Waals surface area contributed by atoms with Crippen LogP contribution in [-0.2, 0) is 14.8 Å². The van der Waals surface area contributed by atoms with Crippen molar-refractivity contribution < 1.29 is 30.8 Å². The van der Waals surface area contributed by atoms with Crippen molar-refractivity contribution in [2.75, 3.05) is 15.9 Å². The van der Waals surface area contributed by atoms with Gasteiger partial charge in [0.1, 0.15) is 6.04 Å². The third-order valence-corrected chi connectivity index (χ3v) is 4.67. The van der Waals surface area contributed by atoms with Gasteiger partial charge in [-0.25, -0.2) is 26.0 Å². The molecule has 0 spiro atoms. The van der Waals surface area contributed by atoms with Crippen molar-refractivity contribution in [1.29, 1.82) is 0 Å². The molecule has 1 N–H and O–H groups in total. The van der Waals surface area contributed by atoms with E-state index >= 15 is 0 Å². The van der Waals surface area contributed by atoms with Gasteiger partial charge in [0.25, 0.3) is 0 Å². The number of anilines is 2. The molecule has 0 aliphatic carbocycles. The fraction of sp³-hybridized carbons (Fsp3) is 0.188. The van der Waals surface area contributed by atoms with E-state index in [0.29, 0.717) is 10.4 Å². The Morgan fingerprint density at radius 3 is 2.00 bits per heavy atom. The van der Waals surface area contributed by atoms with Crippen LogP contribution in [0.2, 0.25) is 0 Å². The maximum absolute atomic E-state index is 13.4. The molecule has 1 atom stereocenters. The van der Waals surface area contributed by atoms with Gasteiger partial charge < -0.3 is 5.32 Å². The summed E-state index contributed by atoms with van der Waals surface area (Å²) in [7, 11) is -4.05. The van der Waals surface area contributed by atoms with E-state index in [-0.39, 0.29) is 11.4 Å². The van der Waals surface area contributed by atoms with Crippen molar-refractivity contribution in [1.82, 2.24) is 0 Å². The first kappa shape index (κ1) is 19.7. The van der Waals surface area contributed by atoms with E-state index in [0.717, 1.165) is 36.6 Å². The SMILES string of the molecule is C[C@H](C(=O)Nc1ccc(F)c(F)c1)N(c1ccc(F)c(F)c1)S(C)(=O)=O. The van der Waals surface area contributed by atoms with E-state index < -0.39 is 45.2 Å². The number of carbonyl (C=O) groups excluding carboxylic acids is 1. The van der Waals surface area contributed by atoms with Gasteiger partial charge in [-0.05, 0) is 31.2 Å². The minimum atomic E-state index is -4.05. The summed E-state index contributed by atoms with van der Waals surface area (Å²) in [6.45, 7) is 1.21. The molecule has 0 saturated heterocycles. The molecular weight excluding hydrogens is 376 g/mol. The lowest BCUT2D eigenvalue weighted by Gasteiger charge is -2.28. The highest BCUT2D eigenvalue weighted by Gasteiger charge is 2.30. The number of hydrogen-bond donors (Lipinski definition) is 1. The molecule has 0 radical (unpaired) electrons. The van der Waals surface area contributed by atoms with Crippen LogP contribution in [0.25, 0.3) is 0 Å². The molecule has 2 aromatic carbocycles. The maximum atomic E-state index is 13.4. The van der Waals surface area contributed by atoms with Crippen molar-refractivity contribution in [3.63, 3.8) is 0 Å². The third-order valence-electron chi connectivity index (χ3n) is 3.43. The largest absolute Gasteiger partial charge is 0.324 e. The fourth-order valence-corrected chi connectivity index (χ4v) is 3.42. The number of amides is 1. The van der Waals surface area contributed by atoms with Gasteiger partial charge in [0.15, 0.2) is 23.3 Å². The molecule has 0 saturated carbocycles. The van der Waals surface area contributed by atoms with Crippen molar-refractivity contribution in [2.24, 2.45) is 0 Å². The monoisotopic (exact) mass is 390 g/mol. The summed E-state index contributed by atoms with van der Waals surface area (Å²) < 4.78 is 77.4. The Balaban J connectivity index is 2.34. The molecule has 0 fully saturated rings. The Kier molecular flexibility index (Phi) is 5.55. The molecule has 0 aliphatic rings. The Labute approximate surface area is 147 Å². The molecule has 26 heavy (non-hydrogen) atoms. The fourth-order valence-electron chi connectivity index (χ4n) is 2.25. The van der Waals surface area contributed by atoms with Gasteiger partial charge >= 0.3 is 0 Å². The Bertz CT molecular complexity index is 951. The standard InChI is InChI=1S/C16H14F4N2O3S/c1-9(16(23)21-10-3-5-12(17)14(19)7-10)22(26(2,24)25)11-4-6-13(18)15(20)8-11/h3-9H,1-2H3,(H,21,23)/t9-/m1/s1. The molecule has 0 aliphatic heterocycles. The minimum Gasteiger partial charge on any atom is -0.324 e. The number of benzene rings is 2. The number of nitrogens with zero attached hydrogens (tertiary/aromatic N) is 1. The molecule has 0 heterocycles. The normalized spacial score (nSPS) is 12.5. The van der Waals surface area contributed by atoms with E-state index in [1.807, 2.05) is 0 Å². The first-order chi connectivity index (χ1) is 12.0. The van der Waals surface area contributed by atoms with E-state index in [1.165, 1.54) is 6.92 Å². The number of rotatable bonds is 5. The van der Waals surface area contributed by atoms with Crippen molar-refractivity contribution in [3.05, 3.63) is 59.7 Å². The average Bonchev–Trinajstić information content (AvgIpc) is 2.53. The van der Waals surface area contributed by atoms with Gasteiger partial charge in [-0.1, -0.05) is 0 Å².